The summed E-state index contributed by atoms with van der Waals surface area (Å²) in [5.41, 5.74) is 1.67. The SMILES string of the molecule is Cc1cc(C(=O)N2CCCCC[C@@H]2c2ccn(C)n2)on1. The second-order valence-corrected chi connectivity index (χ2v) is 5.61. The van der Waals surface area contributed by atoms with Crippen LogP contribution < -0.4 is 0 Å². The highest BCUT2D eigenvalue weighted by Gasteiger charge is 2.30. The molecule has 1 aliphatic heterocycles. The highest BCUT2D eigenvalue weighted by Crippen LogP contribution is 2.30. The minimum absolute atomic E-state index is 0.0200. The van der Waals surface area contributed by atoms with E-state index >= 15 is 0 Å². The van der Waals surface area contributed by atoms with Gasteiger partial charge in [-0.2, -0.15) is 5.10 Å². The van der Waals surface area contributed by atoms with Crippen molar-refractivity contribution < 1.29 is 9.32 Å². The number of likely N-dealkylation sites (tertiary alicyclic amines) is 1. The van der Waals surface area contributed by atoms with Crippen LogP contribution in [0.2, 0.25) is 0 Å². The van der Waals surface area contributed by atoms with Crippen molar-refractivity contribution in [2.75, 3.05) is 6.54 Å². The van der Waals surface area contributed by atoms with Gasteiger partial charge in [-0.3, -0.25) is 9.48 Å². The molecule has 1 aliphatic rings. The molecule has 0 N–H and O–H groups in total. The fourth-order valence-corrected chi connectivity index (χ4v) is 2.88. The molecule has 1 saturated heterocycles. The van der Waals surface area contributed by atoms with E-state index in [1.54, 1.807) is 10.7 Å². The Hall–Kier alpha value is -2.11. The van der Waals surface area contributed by atoms with E-state index in [4.69, 9.17) is 4.52 Å². The standard InChI is InChI=1S/C15H20N4O2/c1-11-10-14(21-17-11)15(20)19-8-5-3-4-6-13(19)12-7-9-18(2)16-12/h7,9-10,13H,3-6,8H2,1-2H3/t13-/m1/s1. The van der Waals surface area contributed by atoms with E-state index in [9.17, 15) is 4.79 Å². The summed E-state index contributed by atoms with van der Waals surface area (Å²) in [6.45, 7) is 2.55. The lowest BCUT2D eigenvalue weighted by atomic mass is 10.1. The molecular formula is C15H20N4O2. The Bertz CT molecular complexity index is 631. The molecule has 3 heterocycles. The van der Waals surface area contributed by atoms with E-state index in [0.29, 0.717) is 5.76 Å². The number of nitrogens with zero attached hydrogens (tertiary/aromatic N) is 4. The lowest BCUT2D eigenvalue weighted by molar-refractivity contribution is 0.0633. The van der Waals surface area contributed by atoms with Crippen LogP contribution in [0.1, 0.15) is 53.7 Å². The molecule has 6 nitrogen and oxygen atoms in total. The Morgan fingerprint density at radius 3 is 2.90 bits per heavy atom. The summed E-state index contributed by atoms with van der Waals surface area (Å²) in [6, 6.07) is 3.71. The number of carbonyl (C=O) groups excluding carboxylic acids is 1. The van der Waals surface area contributed by atoms with Crippen LogP contribution in [0, 0.1) is 6.92 Å². The summed E-state index contributed by atoms with van der Waals surface area (Å²) >= 11 is 0. The number of hydrogen-bond donors (Lipinski definition) is 0. The first kappa shape index (κ1) is 13.9. The van der Waals surface area contributed by atoms with Crippen molar-refractivity contribution in [1.29, 1.82) is 0 Å². The van der Waals surface area contributed by atoms with E-state index in [2.05, 4.69) is 10.3 Å². The van der Waals surface area contributed by atoms with E-state index in [-0.39, 0.29) is 11.9 Å². The lowest BCUT2D eigenvalue weighted by Crippen LogP contribution is -2.35. The second-order valence-electron chi connectivity index (χ2n) is 5.61. The zero-order chi connectivity index (χ0) is 14.8. The van der Waals surface area contributed by atoms with Crippen LogP contribution in [0.3, 0.4) is 0 Å². The molecule has 0 spiro atoms. The summed E-state index contributed by atoms with van der Waals surface area (Å²) in [4.78, 5) is 14.6. The van der Waals surface area contributed by atoms with Gasteiger partial charge >= 0.3 is 0 Å². The summed E-state index contributed by atoms with van der Waals surface area (Å²) in [6.07, 6.45) is 6.13. The molecule has 1 amide bonds. The number of rotatable bonds is 2. The molecule has 1 fully saturated rings. The van der Waals surface area contributed by atoms with E-state index < -0.39 is 0 Å². The van der Waals surface area contributed by atoms with Crippen LogP contribution in [-0.2, 0) is 7.05 Å². The highest BCUT2D eigenvalue weighted by atomic mass is 16.5. The van der Waals surface area contributed by atoms with Gasteiger partial charge in [-0.25, -0.2) is 0 Å². The first-order valence-electron chi connectivity index (χ1n) is 7.39. The normalized spacial score (nSPS) is 19.5. The zero-order valence-corrected chi connectivity index (χ0v) is 12.5. The Balaban J connectivity index is 1.90. The average molecular weight is 288 g/mol. The first-order chi connectivity index (χ1) is 10.1. The monoisotopic (exact) mass is 288 g/mol. The van der Waals surface area contributed by atoms with Crippen molar-refractivity contribution in [1.82, 2.24) is 19.8 Å². The molecule has 2 aromatic rings. The minimum Gasteiger partial charge on any atom is -0.351 e. The molecule has 6 heteroatoms. The van der Waals surface area contributed by atoms with E-state index in [1.807, 2.05) is 31.1 Å². The lowest BCUT2D eigenvalue weighted by Gasteiger charge is -2.27. The van der Waals surface area contributed by atoms with Gasteiger partial charge < -0.3 is 9.42 Å². The Morgan fingerprint density at radius 1 is 1.38 bits per heavy atom. The third-order valence-corrected chi connectivity index (χ3v) is 3.93. The van der Waals surface area contributed by atoms with Gasteiger partial charge in [0.2, 0.25) is 5.76 Å². The van der Waals surface area contributed by atoms with Gasteiger partial charge in [0.05, 0.1) is 17.4 Å². The van der Waals surface area contributed by atoms with Gasteiger partial charge in [-0.1, -0.05) is 18.0 Å². The Kier molecular flexibility index (Phi) is 3.77. The number of aromatic nitrogens is 3. The smallest absolute Gasteiger partial charge is 0.293 e. The molecule has 0 aliphatic carbocycles. The van der Waals surface area contributed by atoms with Crippen molar-refractivity contribution in [2.24, 2.45) is 7.05 Å². The predicted molar refractivity (Wildman–Crippen MR) is 76.7 cm³/mol. The molecule has 112 valence electrons. The summed E-state index contributed by atoms with van der Waals surface area (Å²) in [5.74, 6) is 0.225. The zero-order valence-electron chi connectivity index (χ0n) is 12.5. The number of amides is 1. The maximum absolute atomic E-state index is 12.7. The minimum atomic E-state index is -0.0897. The van der Waals surface area contributed by atoms with Crippen molar-refractivity contribution in [3.05, 3.63) is 35.5 Å². The third kappa shape index (κ3) is 2.84. The molecular weight excluding hydrogens is 268 g/mol. The molecule has 0 aromatic carbocycles. The average Bonchev–Trinajstić information content (AvgIpc) is 3.00. The van der Waals surface area contributed by atoms with Gasteiger partial charge in [-0.05, 0) is 25.8 Å². The van der Waals surface area contributed by atoms with Gasteiger partial charge in [-0.15, -0.1) is 0 Å². The molecule has 3 rings (SSSR count). The van der Waals surface area contributed by atoms with Crippen molar-refractivity contribution in [3.8, 4) is 0 Å². The van der Waals surface area contributed by atoms with Crippen LogP contribution in [0.5, 0.6) is 0 Å². The van der Waals surface area contributed by atoms with Gasteiger partial charge in [0.15, 0.2) is 0 Å². The first-order valence-corrected chi connectivity index (χ1v) is 7.39. The maximum Gasteiger partial charge on any atom is 0.293 e. The topological polar surface area (TPSA) is 64.2 Å². The van der Waals surface area contributed by atoms with Crippen LogP contribution >= 0.6 is 0 Å². The van der Waals surface area contributed by atoms with Crippen LogP contribution in [0.15, 0.2) is 22.9 Å². The Labute approximate surface area is 123 Å². The van der Waals surface area contributed by atoms with Crippen molar-refractivity contribution in [2.45, 2.75) is 38.6 Å². The van der Waals surface area contributed by atoms with E-state index in [0.717, 1.165) is 43.6 Å². The molecule has 0 unspecified atom stereocenters. The number of aryl methyl sites for hydroxylation is 2. The van der Waals surface area contributed by atoms with Crippen molar-refractivity contribution in [3.63, 3.8) is 0 Å². The molecule has 21 heavy (non-hydrogen) atoms. The van der Waals surface area contributed by atoms with Crippen molar-refractivity contribution >= 4 is 5.91 Å². The van der Waals surface area contributed by atoms with Gasteiger partial charge in [0.25, 0.3) is 5.91 Å². The molecule has 0 radical (unpaired) electrons. The third-order valence-electron chi connectivity index (χ3n) is 3.93. The maximum atomic E-state index is 12.7. The molecule has 2 aromatic heterocycles. The van der Waals surface area contributed by atoms with Gasteiger partial charge in [0.1, 0.15) is 0 Å². The fourth-order valence-electron chi connectivity index (χ4n) is 2.88. The number of carbonyl (C=O) groups is 1. The van der Waals surface area contributed by atoms with E-state index in [1.165, 1.54) is 0 Å². The fraction of sp³-hybridized carbons (Fsp3) is 0.533. The van der Waals surface area contributed by atoms with Gasteiger partial charge in [0, 0.05) is 25.9 Å². The molecule has 0 bridgehead atoms. The molecule has 0 saturated carbocycles. The summed E-state index contributed by atoms with van der Waals surface area (Å²) in [7, 11) is 1.90. The Morgan fingerprint density at radius 2 is 2.24 bits per heavy atom. The van der Waals surface area contributed by atoms with Crippen LogP contribution in [-0.4, -0.2) is 32.3 Å². The quantitative estimate of drug-likeness (QED) is 0.851. The molecule has 1 atom stereocenters. The second kappa shape index (κ2) is 5.71. The predicted octanol–water partition coefficient (Wildman–Crippen LogP) is 2.47. The number of hydrogen-bond acceptors (Lipinski definition) is 4. The highest BCUT2D eigenvalue weighted by molar-refractivity contribution is 5.91. The van der Waals surface area contributed by atoms with Crippen LogP contribution in [0.25, 0.3) is 0 Å². The summed E-state index contributed by atoms with van der Waals surface area (Å²) < 4.78 is 6.92. The van der Waals surface area contributed by atoms with Crippen LogP contribution in [0.4, 0.5) is 0 Å². The largest absolute Gasteiger partial charge is 0.351 e. The summed E-state index contributed by atoms with van der Waals surface area (Å²) in [5, 5.41) is 8.30.